The third-order valence-corrected chi connectivity index (χ3v) is 13.2. The summed E-state index contributed by atoms with van der Waals surface area (Å²) >= 11 is 1.90. The molecule has 3 aromatic heterocycles. The van der Waals surface area contributed by atoms with Crippen molar-refractivity contribution in [1.82, 2.24) is 4.98 Å². The van der Waals surface area contributed by atoms with Gasteiger partial charge in [-0.15, -0.1) is 40.5 Å². The summed E-state index contributed by atoms with van der Waals surface area (Å²) in [5.41, 5.74) is 7.78. The summed E-state index contributed by atoms with van der Waals surface area (Å²) in [5, 5.41) is 13.8. The van der Waals surface area contributed by atoms with Crippen LogP contribution in [0.5, 0.6) is 0 Å². The number of rotatable bonds is 11. The van der Waals surface area contributed by atoms with Gasteiger partial charge < -0.3 is 9.52 Å². The van der Waals surface area contributed by atoms with Gasteiger partial charge in [0.2, 0.25) is 0 Å². The Labute approximate surface area is 353 Å². The molecule has 1 N–H and O–H groups in total. The molecule has 0 unspecified atom stereocenters. The Morgan fingerprint density at radius 3 is 2.14 bits per heavy atom. The molecular formula is C50H62IrNO3S-. The van der Waals surface area contributed by atoms with Crippen molar-refractivity contribution in [3.63, 3.8) is 0 Å². The monoisotopic (exact) mass is 949 g/mol. The molecule has 0 aliphatic rings. The van der Waals surface area contributed by atoms with E-state index in [9.17, 15) is 9.90 Å². The molecule has 0 saturated heterocycles. The number of benzene rings is 3. The van der Waals surface area contributed by atoms with Crippen LogP contribution in [0, 0.1) is 36.7 Å². The molecule has 3 heterocycles. The fourth-order valence-electron chi connectivity index (χ4n) is 7.07. The van der Waals surface area contributed by atoms with Crippen LogP contribution in [-0.2, 0) is 36.7 Å². The molecule has 3 aromatic carbocycles. The van der Waals surface area contributed by atoms with E-state index in [-0.39, 0.29) is 47.9 Å². The molecule has 301 valence electrons. The number of pyridine rings is 1. The Morgan fingerprint density at radius 1 is 0.893 bits per heavy atom. The molecular weight excluding hydrogens is 887 g/mol. The number of carbonyl (C=O) groups excluding carboxylic acids is 1. The summed E-state index contributed by atoms with van der Waals surface area (Å²) in [4.78, 5) is 18.8. The summed E-state index contributed by atoms with van der Waals surface area (Å²) in [5.74, 6) is 1.85. The maximum Gasteiger partial charge on any atom is 0.164 e. The topological polar surface area (TPSA) is 63.3 Å². The number of furan rings is 1. The molecule has 0 amide bonds. The van der Waals surface area contributed by atoms with Crippen molar-refractivity contribution in [2.24, 2.45) is 16.7 Å². The fraction of sp³-hybridized carbons (Fsp3) is 0.440. The van der Waals surface area contributed by atoms with Crippen molar-refractivity contribution < 1.29 is 34.4 Å². The van der Waals surface area contributed by atoms with Crippen LogP contribution in [0.2, 0.25) is 0 Å². The first-order valence-corrected chi connectivity index (χ1v) is 21.0. The number of aliphatic hydroxyl groups is 1. The third-order valence-electron chi connectivity index (χ3n) is 12.1. The summed E-state index contributed by atoms with van der Waals surface area (Å²) in [6.45, 7) is 27.6. The van der Waals surface area contributed by atoms with E-state index in [0.717, 1.165) is 82.3 Å². The molecule has 6 aromatic rings. The summed E-state index contributed by atoms with van der Waals surface area (Å²) in [6.07, 6.45) is 5.87. The van der Waals surface area contributed by atoms with Gasteiger partial charge in [-0.1, -0.05) is 124 Å². The van der Waals surface area contributed by atoms with Crippen molar-refractivity contribution >= 4 is 49.1 Å². The third kappa shape index (κ3) is 9.41. The van der Waals surface area contributed by atoms with Gasteiger partial charge in [0.05, 0.1) is 0 Å². The van der Waals surface area contributed by atoms with Gasteiger partial charge in [-0.05, 0) is 80.4 Å². The molecule has 6 heteroatoms. The first-order chi connectivity index (χ1) is 25.9. The molecule has 4 nitrogen and oxygen atoms in total. The van der Waals surface area contributed by atoms with Gasteiger partial charge in [-0.3, -0.25) is 9.78 Å². The van der Waals surface area contributed by atoms with Gasteiger partial charge >= 0.3 is 0 Å². The SMILES string of the molecule is CCC(C)(CC)C(=O)/C=C(\O)C(C)(CC)CC.Cc1oc2c(-c3ccc4cc(CC(C)C)sc4c3)cc(-c3[c-]c4ccccc4c(C(C)(C)C)c3)nc2c1C.[Ir]. The van der Waals surface area contributed by atoms with Crippen LogP contribution in [0.25, 0.3) is 54.3 Å². The zero-order valence-corrected chi connectivity index (χ0v) is 39.1. The van der Waals surface area contributed by atoms with Gasteiger partial charge in [0, 0.05) is 63.4 Å². The van der Waals surface area contributed by atoms with E-state index in [1.807, 2.05) is 59.8 Å². The molecule has 6 rings (SSSR count). The van der Waals surface area contributed by atoms with E-state index >= 15 is 0 Å². The van der Waals surface area contributed by atoms with Gasteiger partial charge in [0.15, 0.2) is 11.4 Å². The van der Waals surface area contributed by atoms with Crippen LogP contribution >= 0.6 is 11.3 Å². The quantitative estimate of drug-likeness (QED) is 0.0798. The predicted octanol–water partition coefficient (Wildman–Crippen LogP) is 15.1. The Kier molecular flexibility index (Phi) is 14.4. The standard InChI is InChI=1S/C35H34NOS.C15H28O2.Ir/c1-20(2)14-27-16-25-13-12-24(18-32(25)38-27)29-19-31(36-33-21(3)22(4)37-34(29)33)26-15-23-10-8-9-11-28(23)30(17-26)35(5,6)7;1-7-14(5,8-2)12(16)11-13(17)15(6,9-3)10-4;/h8-13,16-20H,14H2,1-7H3;11,16H,7-10H2,1-6H3;/q-1;;/b;12-11-;. The number of fused-ring (bicyclic) bond motifs is 3. The molecule has 0 fully saturated rings. The van der Waals surface area contributed by atoms with E-state index in [1.165, 1.54) is 32.0 Å². The second-order valence-corrected chi connectivity index (χ2v) is 18.6. The number of hydrogen-bond donors (Lipinski definition) is 1. The van der Waals surface area contributed by atoms with Crippen molar-refractivity contribution in [1.29, 1.82) is 0 Å². The van der Waals surface area contributed by atoms with Crippen LogP contribution in [0.3, 0.4) is 0 Å². The van der Waals surface area contributed by atoms with E-state index in [4.69, 9.17) is 9.40 Å². The Balaban J connectivity index is 0.000000330. The van der Waals surface area contributed by atoms with Gasteiger partial charge in [-0.25, -0.2) is 0 Å². The summed E-state index contributed by atoms with van der Waals surface area (Å²) in [6, 6.07) is 25.9. The predicted molar refractivity (Wildman–Crippen MR) is 236 cm³/mol. The van der Waals surface area contributed by atoms with Crippen molar-refractivity contribution in [2.45, 2.75) is 128 Å². The second kappa shape index (κ2) is 17.9. The number of hydrogen-bond acceptors (Lipinski definition) is 5. The minimum absolute atomic E-state index is 0. The summed E-state index contributed by atoms with van der Waals surface area (Å²) in [7, 11) is 0. The normalized spacial score (nSPS) is 12.6. The molecule has 0 aliphatic carbocycles. The van der Waals surface area contributed by atoms with Gasteiger partial charge in [0.25, 0.3) is 0 Å². The second-order valence-electron chi connectivity index (χ2n) is 17.4. The molecule has 56 heavy (non-hydrogen) atoms. The van der Waals surface area contributed by atoms with E-state index in [1.54, 1.807) is 0 Å². The van der Waals surface area contributed by atoms with Crippen LogP contribution in [0.1, 0.15) is 124 Å². The molecule has 0 bridgehead atoms. The number of nitrogens with zero attached hydrogens (tertiary/aromatic N) is 1. The number of thiophene rings is 1. The van der Waals surface area contributed by atoms with E-state index in [0.29, 0.717) is 5.92 Å². The van der Waals surface area contributed by atoms with E-state index in [2.05, 4.69) is 108 Å². The zero-order valence-electron chi connectivity index (χ0n) is 35.9. The van der Waals surface area contributed by atoms with Crippen molar-refractivity contribution in [3.8, 4) is 22.4 Å². The number of aliphatic hydroxyl groups excluding tert-OH is 1. The minimum atomic E-state index is -0.337. The molecule has 0 aliphatic heterocycles. The van der Waals surface area contributed by atoms with Crippen LogP contribution in [0.15, 0.2) is 76.9 Å². The average molecular weight is 949 g/mol. The van der Waals surface area contributed by atoms with Gasteiger partial charge in [-0.2, -0.15) is 0 Å². The van der Waals surface area contributed by atoms with Crippen molar-refractivity contribution in [3.05, 3.63) is 100 Å². The first-order valence-electron chi connectivity index (χ1n) is 20.2. The Hall–Kier alpha value is -3.57. The van der Waals surface area contributed by atoms with Crippen LogP contribution in [0.4, 0.5) is 0 Å². The van der Waals surface area contributed by atoms with Crippen LogP contribution < -0.4 is 0 Å². The molecule has 0 atom stereocenters. The number of aromatic nitrogens is 1. The number of ketones is 1. The summed E-state index contributed by atoms with van der Waals surface area (Å²) < 4.78 is 7.64. The van der Waals surface area contributed by atoms with E-state index < -0.39 is 0 Å². The maximum absolute atomic E-state index is 12.2. The van der Waals surface area contributed by atoms with Gasteiger partial charge in [0.1, 0.15) is 17.0 Å². The minimum Gasteiger partial charge on any atom is -0.512 e. The Bertz CT molecular complexity index is 2340. The molecule has 0 spiro atoms. The fourth-order valence-corrected chi connectivity index (χ4v) is 8.38. The number of aryl methyl sites for hydroxylation is 2. The molecule has 1 radical (unpaired) electrons. The largest absolute Gasteiger partial charge is 0.512 e. The zero-order chi connectivity index (χ0) is 40.5. The number of allylic oxidation sites excluding steroid dienone is 2. The average Bonchev–Trinajstić information content (AvgIpc) is 3.70. The smallest absolute Gasteiger partial charge is 0.164 e. The van der Waals surface area contributed by atoms with Crippen LogP contribution in [-0.4, -0.2) is 15.9 Å². The maximum atomic E-state index is 12.2. The molecule has 0 saturated carbocycles. The number of carbonyl (C=O) groups is 1. The Morgan fingerprint density at radius 2 is 1.54 bits per heavy atom. The first kappa shape index (κ1) is 45.1. The van der Waals surface area contributed by atoms with Crippen molar-refractivity contribution in [2.75, 3.05) is 0 Å².